The van der Waals surface area contributed by atoms with Crippen molar-refractivity contribution in [3.63, 3.8) is 0 Å². The third kappa shape index (κ3) is 3.94. The summed E-state index contributed by atoms with van der Waals surface area (Å²) in [5.74, 6) is 0.519. The molecule has 0 radical (unpaired) electrons. The maximum Gasteiger partial charge on any atom is 0.333 e. The van der Waals surface area contributed by atoms with E-state index in [1.54, 1.807) is 11.7 Å². The zero-order valence-corrected chi connectivity index (χ0v) is 12.3. The lowest BCUT2D eigenvalue weighted by Crippen LogP contribution is -2.18. The fraction of sp³-hybridized carbons (Fsp3) is 0.769. The molecule has 6 nitrogen and oxygen atoms in total. The van der Waals surface area contributed by atoms with Crippen molar-refractivity contribution in [1.82, 2.24) is 9.78 Å². The van der Waals surface area contributed by atoms with Crippen molar-refractivity contribution in [3.05, 3.63) is 15.8 Å². The number of nitrogens with zero attached hydrogens (tertiary/aromatic N) is 3. The second-order valence-corrected chi connectivity index (χ2v) is 4.92. The van der Waals surface area contributed by atoms with Gasteiger partial charge in [0.2, 0.25) is 5.82 Å². The van der Waals surface area contributed by atoms with Crippen LogP contribution < -0.4 is 5.32 Å². The largest absolute Gasteiger partial charge is 0.362 e. The molecule has 1 aromatic heterocycles. The Morgan fingerprint density at radius 3 is 2.63 bits per heavy atom. The Balaban J connectivity index is 2.82. The predicted octanol–water partition coefficient (Wildman–Crippen LogP) is 3.27. The molecule has 0 aliphatic heterocycles. The minimum atomic E-state index is -0.340. The Morgan fingerprint density at radius 2 is 2.11 bits per heavy atom. The van der Waals surface area contributed by atoms with Crippen molar-refractivity contribution in [1.29, 1.82) is 0 Å². The van der Waals surface area contributed by atoms with Crippen LogP contribution in [0.25, 0.3) is 0 Å². The molecule has 0 bridgehead atoms. The molecule has 1 aromatic rings. The van der Waals surface area contributed by atoms with Gasteiger partial charge in [-0.3, -0.25) is 10.1 Å². The summed E-state index contributed by atoms with van der Waals surface area (Å²) < 4.78 is 1.58. The molecule has 1 heterocycles. The van der Waals surface area contributed by atoms with E-state index < -0.39 is 0 Å². The van der Waals surface area contributed by atoms with Crippen molar-refractivity contribution in [2.75, 3.05) is 5.32 Å². The van der Waals surface area contributed by atoms with E-state index in [1.165, 1.54) is 12.8 Å². The number of unbranched alkanes of at least 4 members (excludes halogenated alkanes) is 2. The van der Waals surface area contributed by atoms with Gasteiger partial charge in [-0.1, -0.05) is 33.1 Å². The molecule has 6 heteroatoms. The Kier molecular flexibility index (Phi) is 5.79. The van der Waals surface area contributed by atoms with E-state index in [9.17, 15) is 10.1 Å². The Morgan fingerprint density at radius 1 is 1.42 bits per heavy atom. The van der Waals surface area contributed by atoms with Gasteiger partial charge in [0.1, 0.15) is 5.69 Å². The highest BCUT2D eigenvalue weighted by Gasteiger charge is 2.26. The highest BCUT2D eigenvalue weighted by molar-refractivity contribution is 5.60. The summed E-state index contributed by atoms with van der Waals surface area (Å²) in [7, 11) is 1.74. The van der Waals surface area contributed by atoms with E-state index in [1.807, 2.05) is 6.92 Å². The van der Waals surface area contributed by atoms with Crippen molar-refractivity contribution in [3.8, 4) is 0 Å². The fourth-order valence-corrected chi connectivity index (χ4v) is 2.17. The number of nitro groups is 1. The van der Waals surface area contributed by atoms with Crippen LogP contribution in [0.4, 0.5) is 11.5 Å². The molecule has 0 amide bonds. The van der Waals surface area contributed by atoms with Crippen LogP contribution in [0.5, 0.6) is 0 Å². The second kappa shape index (κ2) is 7.11. The number of aromatic nitrogens is 2. The summed E-state index contributed by atoms with van der Waals surface area (Å²) >= 11 is 0. The monoisotopic (exact) mass is 268 g/mol. The Bertz CT molecular complexity index is 429. The van der Waals surface area contributed by atoms with Gasteiger partial charge in [0.25, 0.3) is 0 Å². The van der Waals surface area contributed by atoms with Crippen LogP contribution in [-0.2, 0) is 13.5 Å². The summed E-state index contributed by atoms with van der Waals surface area (Å²) in [6, 6.07) is 0.213. The highest BCUT2D eigenvalue weighted by Crippen LogP contribution is 2.29. The number of aryl methyl sites for hydroxylation is 2. The molecule has 0 fully saturated rings. The van der Waals surface area contributed by atoms with E-state index in [4.69, 9.17) is 0 Å². The smallest absolute Gasteiger partial charge is 0.333 e. The SMILES string of the molecule is CCCCCC(C)Nc1c([N+](=O)[O-])c(CC)nn1C. The molecule has 1 unspecified atom stereocenters. The number of hydrogen-bond donors (Lipinski definition) is 1. The average molecular weight is 268 g/mol. The van der Waals surface area contributed by atoms with Crippen LogP contribution in [0.3, 0.4) is 0 Å². The van der Waals surface area contributed by atoms with Crippen LogP contribution in [0.1, 0.15) is 52.1 Å². The third-order valence-corrected chi connectivity index (χ3v) is 3.23. The third-order valence-electron chi connectivity index (χ3n) is 3.23. The maximum absolute atomic E-state index is 11.2. The number of anilines is 1. The first-order valence-corrected chi connectivity index (χ1v) is 6.98. The lowest BCUT2D eigenvalue weighted by atomic mass is 10.1. The van der Waals surface area contributed by atoms with Gasteiger partial charge in [0.15, 0.2) is 0 Å². The van der Waals surface area contributed by atoms with E-state index in [0.29, 0.717) is 17.9 Å². The van der Waals surface area contributed by atoms with Crippen molar-refractivity contribution in [2.45, 2.75) is 58.9 Å². The molecule has 0 aliphatic rings. The van der Waals surface area contributed by atoms with E-state index in [0.717, 1.165) is 12.8 Å². The predicted molar refractivity (Wildman–Crippen MR) is 76.5 cm³/mol. The maximum atomic E-state index is 11.2. The first-order valence-electron chi connectivity index (χ1n) is 6.98. The summed E-state index contributed by atoms with van der Waals surface area (Å²) in [5.41, 5.74) is 0.656. The molecule has 1 N–H and O–H groups in total. The summed E-state index contributed by atoms with van der Waals surface area (Å²) in [4.78, 5) is 10.8. The average Bonchev–Trinajstić information content (AvgIpc) is 2.66. The quantitative estimate of drug-likeness (QED) is 0.446. The van der Waals surface area contributed by atoms with Crippen LogP contribution in [0.2, 0.25) is 0 Å². The molecule has 0 aromatic carbocycles. The van der Waals surface area contributed by atoms with Crippen LogP contribution in [-0.4, -0.2) is 20.7 Å². The van der Waals surface area contributed by atoms with Gasteiger partial charge in [0, 0.05) is 13.1 Å². The number of nitrogens with one attached hydrogen (secondary N) is 1. The van der Waals surface area contributed by atoms with Gasteiger partial charge in [-0.25, -0.2) is 4.68 Å². The Labute approximate surface area is 114 Å². The van der Waals surface area contributed by atoms with Gasteiger partial charge in [-0.2, -0.15) is 5.10 Å². The van der Waals surface area contributed by atoms with E-state index in [2.05, 4.69) is 24.3 Å². The van der Waals surface area contributed by atoms with Crippen LogP contribution in [0, 0.1) is 10.1 Å². The summed E-state index contributed by atoms with van der Waals surface area (Å²) in [6.07, 6.45) is 5.09. The second-order valence-electron chi connectivity index (χ2n) is 4.92. The van der Waals surface area contributed by atoms with Crippen molar-refractivity contribution >= 4 is 11.5 Å². The normalized spacial score (nSPS) is 12.4. The molecule has 1 atom stereocenters. The molecule has 0 saturated heterocycles. The Hall–Kier alpha value is -1.59. The first-order chi connectivity index (χ1) is 9.01. The topological polar surface area (TPSA) is 73.0 Å². The first kappa shape index (κ1) is 15.5. The van der Waals surface area contributed by atoms with Crippen molar-refractivity contribution < 1.29 is 4.92 Å². The van der Waals surface area contributed by atoms with Crippen LogP contribution >= 0.6 is 0 Å². The molecule has 0 spiro atoms. The molecular formula is C13H24N4O2. The zero-order valence-electron chi connectivity index (χ0n) is 12.3. The highest BCUT2D eigenvalue weighted by atomic mass is 16.6. The molecule has 1 rings (SSSR count). The molecule has 108 valence electrons. The lowest BCUT2D eigenvalue weighted by molar-refractivity contribution is -0.384. The van der Waals surface area contributed by atoms with E-state index in [-0.39, 0.29) is 16.7 Å². The molecule has 0 aliphatic carbocycles. The molecule has 19 heavy (non-hydrogen) atoms. The summed E-state index contributed by atoms with van der Waals surface area (Å²) in [6.45, 7) is 6.10. The summed E-state index contributed by atoms with van der Waals surface area (Å²) in [5, 5.41) is 18.6. The number of hydrogen-bond acceptors (Lipinski definition) is 4. The molecule has 0 saturated carbocycles. The van der Waals surface area contributed by atoms with Gasteiger partial charge in [-0.15, -0.1) is 0 Å². The lowest BCUT2D eigenvalue weighted by Gasteiger charge is -2.14. The zero-order chi connectivity index (χ0) is 14.4. The standard InChI is InChI=1S/C13H24N4O2/c1-5-7-8-9-10(3)14-13-12(17(18)19)11(6-2)15-16(13)4/h10,14H,5-9H2,1-4H3. The van der Waals surface area contributed by atoms with Crippen molar-refractivity contribution in [2.24, 2.45) is 7.05 Å². The minimum absolute atomic E-state index is 0.118. The van der Waals surface area contributed by atoms with Crippen LogP contribution in [0.15, 0.2) is 0 Å². The minimum Gasteiger partial charge on any atom is -0.362 e. The van der Waals surface area contributed by atoms with Gasteiger partial charge in [0.05, 0.1) is 4.92 Å². The fourth-order valence-electron chi connectivity index (χ4n) is 2.17. The van der Waals surface area contributed by atoms with Gasteiger partial charge < -0.3 is 5.32 Å². The number of rotatable bonds is 8. The van der Waals surface area contributed by atoms with Gasteiger partial charge in [-0.05, 0) is 19.8 Å². The van der Waals surface area contributed by atoms with Gasteiger partial charge >= 0.3 is 5.69 Å². The molecular weight excluding hydrogens is 244 g/mol. The van der Waals surface area contributed by atoms with E-state index >= 15 is 0 Å².